The number of hydrogen-bond acceptors (Lipinski definition) is 4. The quantitative estimate of drug-likeness (QED) is 0.712. The summed E-state index contributed by atoms with van der Waals surface area (Å²) in [6.45, 7) is 8.32. The van der Waals surface area contributed by atoms with Crippen LogP contribution >= 0.6 is 0 Å². The van der Waals surface area contributed by atoms with Crippen molar-refractivity contribution in [1.29, 1.82) is 0 Å². The average molecular weight is 395 g/mol. The first kappa shape index (κ1) is 21.4. The van der Waals surface area contributed by atoms with Gasteiger partial charge in [-0.2, -0.15) is 0 Å². The van der Waals surface area contributed by atoms with Crippen LogP contribution in [0.3, 0.4) is 0 Å². The van der Waals surface area contributed by atoms with Gasteiger partial charge in [-0.3, -0.25) is 9.59 Å². The minimum atomic E-state index is -3.04. The van der Waals surface area contributed by atoms with E-state index in [1.165, 1.54) is 12.5 Å². The molecule has 2 rings (SSSR count). The summed E-state index contributed by atoms with van der Waals surface area (Å²) in [6.07, 6.45) is 0.672. The molecule has 7 heteroatoms. The van der Waals surface area contributed by atoms with Gasteiger partial charge in [0.2, 0.25) is 11.8 Å². The second-order valence-corrected chi connectivity index (χ2v) is 9.63. The van der Waals surface area contributed by atoms with E-state index >= 15 is 0 Å². The van der Waals surface area contributed by atoms with Gasteiger partial charge < -0.3 is 9.80 Å². The molecule has 1 unspecified atom stereocenters. The lowest BCUT2D eigenvalue weighted by molar-refractivity contribution is -0.132. The van der Waals surface area contributed by atoms with Gasteiger partial charge in [-0.05, 0) is 37.0 Å². The minimum absolute atomic E-state index is 0.0413. The fourth-order valence-corrected chi connectivity index (χ4v) is 5.25. The number of rotatable bonds is 7. The summed E-state index contributed by atoms with van der Waals surface area (Å²) < 4.78 is 23.4. The van der Waals surface area contributed by atoms with E-state index in [0.717, 1.165) is 5.69 Å². The Morgan fingerprint density at radius 3 is 2.26 bits per heavy atom. The fraction of sp³-hybridized carbons (Fsp3) is 0.600. The van der Waals surface area contributed by atoms with Crippen molar-refractivity contribution in [1.82, 2.24) is 4.90 Å². The molecule has 0 aliphatic carbocycles. The zero-order valence-corrected chi connectivity index (χ0v) is 17.5. The molecule has 0 spiro atoms. The third kappa shape index (κ3) is 5.54. The number of nitrogens with zero attached hydrogens (tertiary/aromatic N) is 2. The van der Waals surface area contributed by atoms with Crippen LogP contribution in [0, 0.1) is 0 Å². The van der Waals surface area contributed by atoms with Gasteiger partial charge in [0.1, 0.15) is 0 Å². The Hall–Kier alpha value is -1.89. The zero-order valence-electron chi connectivity index (χ0n) is 16.6. The maximum Gasteiger partial charge on any atom is 0.224 e. The van der Waals surface area contributed by atoms with Crippen LogP contribution in [0.5, 0.6) is 0 Å². The fourth-order valence-electron chi connectivity index (χ4n) is 3.52. The normalized spacial score (nSPS) is 18.5. The molecule has 1 saturated heterocycles. The van der Waals surface area contributed by atoms with E-state index in [1.54, 1.807) is 9.80 Å². The Kier molecular flexibility index (Phi) is 7.03. The van der Waals surface area contributed by atoms with E-state index in [4.69, 9.17) is 0 Å². The third-order valence-electron chi connectivity index (χ3n) is 5.11. The predicted molar refractivity (Wildman–Crippen MR) is 108 cm³/mol. The molecule has 1 aliphatic heterocycles. The molecule has 27 heavy (non-hydrogen) atoms. The molecular weight excluding hydrogens is 364 g/mol. The highest BCUT2D eigenvalue weighted by Crippen LogP contribution is 2.22. The van der Waals surface area contributed by atoms with Crippen molar-refractivity contribution >= 4 is 27.3 Å². The highest BCUT2D eigenvalue weighted by Gasteiger charge is 2.33. The number of carbonyl (C=O) groups excluding carboxylic acids is 2. The van der Waals surface area contributed by atoms with Crippen LogP contribution in [0.25, 0.3) is 0 Å². The molecular formula is C20H30N2O4S. The van der Waals surface area contributed by atoms with E-state index in [2.05, 4.69) is 13.8 Å². The van der Waals surface area contributed by atoms with Crippen LogP contribution in [0.2, 0.25) is 0 Å². The molecule has 6 nitrogen and oxygen atoms in total. The maximum atomic E-state index is 12.7. The largest absolute Gasteiger partial charge is 0.339 e. The Bertz CT molecular complexity index is 772. The second-order valence-electron chi connectivity index (χ2n) is 7.40. The molecule has 1 heterocycles. The summed E-state index contributed by atoms with van der Waals surface area (Å²) in [6, 6.07) is 7.56. The van der Waals surface area contributed by atoms with E-state index in [-0.39, 0.29) is 42.3 Å². The first-order valence-corrected chi connectivity index (χ1v) is 11.3. The molecule has 1 aliphatic rings. The van der Waals surface area contributed by atoms with Crippen molar-refractivity contribution in [2.45, 2.75) is 52.5 Å². The lowest BCUT2D eigenvalue weighted by Crippen LogP contribution is -2.42. The van der Waals surface area contributed by atoms with Crippen molar-refractivity contribution in [2.24, 2.45) is 0 Å². The number of anilines is 1. The molecule has 0 N–H and O–H groups in total. The predicted octanol–water partition coefficient (Wildman–Crippen LogP) is 2.59. The van der Waals surface area contributed by atoms with Gasteiger partial charge in [-0.15, -0.1) is 0 Å². The monoisotopic (exact) mass is 394 g/mol. The molecule has 0 aromatic heterocycles. The molecule has 0 bridgehead atoms. The van der Waals surface area contributed by atoms with E-state index < -0.39 is 9.84 Å². The first-order chi connectivity index (χ1) is 12.6. The molecule has 0 saturated carbocycles. The van der Waals surface area contributed by atoms with Crippen molar-refractivity contribution in [2.75, 3.05) is 29.5 Å². The SMILES string of the molecule is CCN(C(=O)CCN(C(C)=O)c1ccc(C(C)C)cc1)C1CCS(=O)(=O)C1. The van der Waals surface area contributed by atoms with Crippen LogP contribution in [0.15, 0.2) is 24.3 Å². The summed E-state index contributed by atoms with van der Waals surface area (Å²) in [7, 11) is -3.04. The average Bonchev–Trinajstić information content (AvgIpc) is 2.95. The van der Waals surface area contributed by atoms with E-state index in [9.17, 15) is 18.0 Å². The van der Waals surface area contributed by atoms with Gasteiger partial charge in [0.25, 0.3) is 0 Å². The summed E-state index contributed by atoms with van der Waals surface area (Å²) in [5, 5.41) is 0. The lowest BCUT2D eigenvalue weighted by Gasteiger charge is -2.28. The van der Waals surface area contributed by atoms with Crippen molar-refractivity contribution in [3.05, 3.63) is 29.8 Å². The van der Waals surface area contributed by atoms with E-state index in [1.807, 2.05) is 31.2 Å². The van der Waals surface area contributed by atoms with Crippen LogP contribution in [-0.2, 0) is 19.4 Å². The van der Waals surface area contributed by atoms with Gasteiger partial charge in [0.15, 0.2) is 9.84 Å². The molecule has 1 aromatic rings. The van der Waals surface area contributed by atoms with E-state index in [0.29, 0.717) is 18.9 Å². The summed E-state index contributed by atoms with van der Waals surface area (Å²) in [5.74, 6) is 0.367. The van der Waals surface area contributed by atoms with Crippen LogP contribution in [0.4, 0.5) is 5.69 Å². The van der Waals surface area contributed by atoms with Gasteiger partial charge in [0.05, 0.1) is 11.5 Å². The number of hydrogen-bond donors (Lipinski definition) is 0. The Morgan fingerprint density at radius 1 is 1.19 bits per heavy atom. The molecule has 1 aromatic carbocycles. The number of carbonyl (C=O) groups is 2. The molecule has 1 fully saturated rings. The Balaban J connectivity index is 2.04. The van der Waals surface area contributed by atoms with Gasteiger partial charge in [0, 0.05) is 38.2 Å². The summed E-state index contributed by atoms with van der Waals surface area (Å²) in [5.41, 5.74) is 1.96. The molecule has 1 atom stereocenters. The zero-order chi connectivity index (χ0) is 20.2. The van der Waals surface area contributed by atoms with Crippen molar-refractivity contribution in [3.63, 3.8) is 0 Å². The Labute approximate surface area is 162 Å². The van der Waals surface area contributed by atoms with Crippen LogP contribution < -0.4 is 4.90 Å². The van der Waals surface area contributed by atoms with Crippen LogP contribution in [0.1, 0.15) is 52.0 Å². The molecule has 0 radical (unpaired) electrons. The minimum Gasteiger partial charge on any atom is -0.339 e. The van der Waals surface area contributed by atoms with Crippen LogP contribution in [-0.4, -0.2) is 55.8 Å². The molecule has 2 amide bonds. The number of benzene rings is 1. The smallest absolute Gasteiger partial charge is 0.224 e. The molecule has 150 valence electrons. The third-order valence-corrected chi connectivity index (χ3v) is 6.86. The summed E-state index contributed by atoms with van der Waals surface area (Å²) >= 11 is 0. The lowest BCUT2D eigenvalue weighted by atomic mass is 10.0. The van der Waals surface area contributed by atoms with Crippen molar-refractivity contribution < 1.29 is 18.0 Å². The Morgan fingerprint density at radius 2 is 1.81 bits per heavy atom. The number of sulfone groups is 1. The standard InChI is InChI=1S/C20H30N2O4S/c1-5-21(19-11-13-27(25,26)14-19)20(24)10-12-22(16(4)23)18-8-6-17(7-9-18)15(2)3/h6-9,15,19H,5,10-14H2,1-4H3. The van der Waals surface area contributed by atoms with Crippen molar-refractivity contribution in [3.8, 4) is 0 Å². The number of amides is 2. The highest BCUT2D eigenvalue weighted by molar-refractivity contribution is 7.91. The van der Waals surface area contributed by atoms with Gasteiger partial charge in [-0.25, -0.2) is 8.42 Å². The summed E-state index contributed by atoms with van der Waals surface area (Å²) in [4.78, 5) is 28.0. The maximum absolute atomic E-state index is 12.7. The topological polar surface area (TPSA) is 74.8 Å². The van der Waals surface area contributed by atoms with Gasteiger partial charge in [-0.1, -0.05) is 26.0 Å². The second kappa shape index (κ2) is 8.87. The highest BCUT2D eigenvalue weighted by atomic mass is 32.2. The van der Waals surface area contributed by atoms with Gasteiger partial charge >= 0.3 is 0 Å². The first-order valence-electron chi connectivity index (χ1n) is 9.52.